The summed E-state index contributed by atoms with van der Waals surface area (Å²) >= 11 is 1.93. The van der Waals surface area contributed by atoms with Gasteiger partial charge in [0, 0.05) is 49.0 Å². The lowest BCUT2D eigenvalue weighted by molar-refractivity contribution is -0.384. The van der Waals surface area contributed by atoms with E-state index in [0.29, 0.717) is 19.0 Å². The van der Waals surface area contributed by atoms with Crippen molar-refractivity contribution in [2.75, 3.05) is 43.0 Å². The van der Waals surface area contributed by atoms with Crippen LogP contribution in [0.4, 0.5) is 11.4 Å². The largest absolute Gasteiger partial charge is 0.383 e. The summed E-state index contributed by atoms with van der Waals surface area (Å²) in [5.74, 6) is 2.79. The smallest absolute Gasteiger partial charge is 0.269 e. The third-order valence-corrected chi connectivity index (χ3v) is 4.07. The summed E-state index contributed by atoms with van der Waals surface area (Å²) < 4.78 is 0. The highest BCUT2D eigenvalue weighted by atomic mass is 32.2. The van der Waals surface area contributed by atoms with E-state index in [1.54, 1.807) is 12.1 Å². The van der Waals surface area contributed by atoms with Gasteiger partial charge in [-0.05, 0) is 12.1 Å². The fraction of sp³-hybridized carbons (Fsp3) is 0.462. The minimum Gasteiger partial charge on any atom is -0.383 e. The maximum Gasteiger partial charge on any atom is 0.269 e. The van der Waals surface area contributed by atoms with Crippen LogP contribution in [-0.2, 0) is 0 Å². The first-order valence-electron chi connectivity index (χ1n) is 6.78. The van der Waals surface area contributed by atoms with Gasteiger partial charge < -0.3 is 16.0 Å². The van der Waals surface area contributed by atoms with Crippen LogP contribution < -0.4 is 11.1 Å². The Hall–Kier alpha value is -1.96. The van der Waals surface area contributed by atoms with E-state index in [1.165, 1.54) is 12.1 Å². The third kappa shape index (κ3) is 4.82. The molecule has 114 valence electrons. The minimum atomic E-state index is -0.411. The number of nitrogens with zero attached hydrogens (tertiary/aromatic N) is 3. The van der Waals surface area contributed by atoms with Crippen molar-refractivity contribution in [3.8, 4) is 0 Å². The Morgan fingerprint density at radius 1 is 1.38 bits per heavy atom. The molecule has 1 aliphatic heterocycles. The molecule has 0 aliphatic carbocycles. The number of anilines is 1. The van der Waals surface area contributed by atoms with Gasteiger partial charge >= 0.3 is 0 Å². The Bertz CT molecular complexity index is 500. The maximum absolute atomic E-state index is 10.5. The highest BCUT2D eigenvalue weighted by molar-refractivity contribution is 7.99. The Labute approximate surface area is 127 Å². The topological polar surface area (TPSA) is 96.8 Å². The molecule has 1 aromatic rings. The molecule has 0 amide bonds. The number of aliphatic imine (C=N–C) groups is 1. The zero-order valence-corrected chi connectivity index (χ0v) is 12.5. The molecule has 3 N–H and O–H groups in total. The second-order valence-corrected chi connectivity index (χ2v) is 5.79. The number of thioether (sulfide) groups is 1. The highest BCUT2D eigenvalue weighted by Crippen LogP contribution is 2.15. The van der Waals surface area contributed by atoms with E-state index in [9.17, 15) is 10.1 Å². The van der Waals surface area contributed by atoms with Gasteiger partial charge in [-0.2, -0.15) is 11.8 Å². The number of nitrogens with two attached hydrogens (primary N) is 1. The van der Waals surface area contributed by atoms with Gasteiger partial charge in [0.1, 0.15) is 0 Å². The lowest BCUT2D eigenvalue weighted by atomic mass is 10.3. The van der Waals surface area contributed by atoms with Crippen molar-refractivity contribution >= 4 is 29.1 Å². The van der Waals surface area contributed by atoms with Crippen LogP contribution in [0.3, 0.4) is 0 Å². The number of benzene rings is 1. The van der Waals surface area contributed by atoms with E-state index >= 15 is 0 Å². The van der Waals surface area contributed by atoms with Gasteiger partial charge in [0.25, 0.3) is 5.69 Å². The number of nitro benzene ring substituents is 1. The van der Waals surface area contributed by atoms with E-state index in [0.717, 1.165) is 30.3 Å². The molecule has 0 atom stereocenters. The van der Waals surface area contributed by atoms with Crippen LogP contribution in [0.15, 0.2) is 29.3 Å². The predicted octanol–water partition coefficient (Wildman–Crippen LogP) is 1.37. The van der Waals surface area contributed by atoms with Gasteiger partial charge in [-0.1, -0.05) is 0 Å². The second kappa shape index (κ2) is 7.72. The molecule has 0 spiro atoms. The molecule has 1 saturated heterocycles. The molecular weight excluding hydrogens is 290 g/mol. The van der Waals surface area contributed by atoms with E-state index < -0.39 is 4.92 Å². The molecule has 7 nitrogen and oxygen atoms in total. The summed E-state index contributed by atoms with van der Waals surface area (Å²) in [6.07, 6.45) is 0. The van der Waals surface area contributed by atoms with Crippen LogP contribution >= 0.6 is 11.8 Å². The summed E-state index contributed by atoms with van der Waals surface area (Å²) in [6.45, 7) is 3.12. The number of nitro groups is 1. The molecule has 1 aromatic carbocycles. The zero-order chi connectivity index (χ0) is 15.1. The van der Waals surface area contributed by atoms with Crippen LogP contribution in [0.25, 0.3) is 0 Å². The van der Waals surface area contributed by atoms with Crippen LogP contribution in [0.1, 0.15) is 0 Å². The molecule has 8 heteroatoms. The fourth-order valence-electron chi connectivity index (χ4n) is 1.96. The summed E-state index contributed by atoms with van der Waals surface area (Å²) in [6, 6.07) is 6.33. The van der Waals surface area contributed by atoms with Gasteiger partial charge in [-0.3, -0.25) is 15.1 Å². The summed E-state index contributed by atoms with van der Waals surface area (Å²) in [4.78, 5) is 16.6. The van der Waals surface area contributed by atoms with Crippen LogP contribution in [-0.4, -0.2) is 53.5 Å². The van der Waals surface area contributed by atoms with Crippen molar-refractivity contribution in [2.24, 2.45) is 10.7 Å². The predicted molar refractivity (Wildman–Crippen MR) is 87.0 cm³/mol. The summed E-state index contributed by atoms with van der Waals surface area (Å²) in [5, 5.41) is 13.7. The van der Waals surface area contributed by atoms with Gasteiger partial charge in [-0.25, -0.2) is 0 Å². The van der Waals surface area contributed by atoms with Gasteiger partial charge in [0.05, 0.1) is 11.5 Å². The van der Waals surface area contributed by atoms with Crippen molar-refractivity contribution < 1.29 is 4.92 Å². The fourth-order valence-corrected chi connectivity index (χ4v) is 2.87. The molecule has 1 heterocycles. The van der Waals surface area contributed by atoms with Crippen LogP contribution in [0, 0.1) is 10.1 Å². The second-order valence-electron chi connectivity index (χ2n) is 4.57. The molecular formula is C13H19N5O2S. The molecule has 0 saturated carbocycles. The monoisotopic (exact) mass is 309 g/mol. The molecule has 0 aromatic heterocycles. The molecule has 1 fully saturated rings. The van der Waals surface area contributed by atoms with Crippen molar-refractivity contribution in [1.29, 1.82) is 0 Å². The summed E-state index contributed by atoms with van der Waals surface area (Å²) in [7, 11) is 0. The van der Waals surface area contributed by atoms with Gasteiger partial charge in [0.2, 0.25) is 0 Å². The average molecular weight is 309 g/mol. The molecule has 0 bridgehead atoms. The van der Waals surface area contributed by atoms with Crippen molar-refractivity contribution in [1.82, 2.24) is 4.90 Å². The van der Waals surface area contributed by atoms with Crippen LogP contribution in [0.5, 0.6) is 0 Å². The first-order chi connectivity index (χ1) is 10.2. The Morgan fingerprint density at radius 2 is 2.05 bits per heavy atom. The van der Waals surface area contributed by atoms with E-state index in [2.05, 4.69) is 15.2 Å². The third-order valence-electron chi connectivity index (χ3n) is 3.13. The number of non-ortho nitro benzene ring substituents is 1. The van der Waals surface area contributed by atoms with Gasteiger partial charge in [0.15, 0.2) is 5.96 Å². The normalized spacial score (nSPS) is 15.8. The highest BCUT2D eigenvalue weighted by Gasteiger charge is 2.11. The lowest BCUT2D eigenvalue weighted by Crippen LogP contribution is -2.42. The van der Waals surface area contributed by atoms with E-state index in [1.807, 2.05) is 11.8 Å². The first kappa shape index (κ1) is 15.4. The number of hydrogen-bond acceptors (Lipinski definition) is 5. The lowest BCUT2D eigenvalue weighted by Gasteiger charge is -2.27. The molecule has 0 unspecified atom stereocenters. The molecule has 1 aliphatic rings. The van der Waals surface area contributed by atoms with E-state index in [4.69, 9.17) is 5.73 Å². The number of hydrogen-bond donors (Lipinski definition) is 2. The number of nitrogens with one attached hydrogen (secondary N) is 1. The summed E-state index contributed by atoms with van der Waals surface area (Å²) in [5.41, 5.74) is 6.87. The zero-order valence-electron chi connectivity index (χ0n) is 11.7. The van der Waals surface area contributed by atoms with Gasteiger partial charge in [-0.15, -0.1) is 0 Å². The average Bonchev–Trinajstić information content (AvgIpc) is 2.52. The molecule has 2 rings (SSSR count). The van der Waals surface area contributed by atoms with E-state index in [-0.39, 0.29) is 5.69 Å². The first-order valence-corrected chi connectivity index (χ1v) is 7.93. The standard InChI is InChI=1S/C13H19N5O2S/c14-13(17-7-9-21-10-8-17)16-6-5-15-11-1-3-12(4-2-11)18(19)20/h1-4,15H,5-10H2,(H2,14,16). The van der Waals surface area contributed by atoms with Crippen molar-refractivity contribution in [3.63, 3.8) is 0 Å². The Kier molecular flexibility index (Phi) is 5.68. The van der Waals surface area contributed by atoms with Crippen molar-refractivity contribution in [3.05, 3.63) is 34.4 Å². The Morgan fingerprint density at radius 3 is 2.67 bits per heavy atom. The number of rotatable bonds is 5. The maximum atomic E-state index is 10.5. The molecule has 0 radical (unpaired) electrons. The molecule has 21 heavy (non-hydrogen) atoms. The SMILES string of the molecule is NC(=NCCNc1ccc([N+](=O)[O-])cc1)N1CCSCC1. The Balaban J connectivity index is 1.74. The number of guanidine groups is 1. The minimum absolute atomic E-state index is 0.0887. The quantitative estimate of drug-likeness (QED) is 0.280. The van der Waals surface area contributed by atoms with Crippen molar-refractivity contribution in [2.45, 2.75) is 0 Å². The van der Waals surface area contributed by atoms with Crippen LogP contribution in [0.2, 0.25) is 0 Å².